The van der Waals surface area contributed by atoms with Crippen molar-refractivity contribution in [1.29, 1.82) is 0 Å². The molecule has 0 aliphatic carbocycles. The zero-order valence-corrected chi connectivity index (χ0v) is 29.8. The topological polar surface area (TPSA) is 102 Å². The van der Waals surface area contributed by atoms with E-state index in [-0.39, 0.29) is 53.2 Å². The highest BCUT2D eigenvalue weighted by atomic mass is 32.2. The lowest BCUT2D eigenvalue weighted by atomic mass is 9.81. The smallest absolute Gasteiger partial charge is 0.310 e. The maximum Gasteiger partial charge on any atom is 0.310 e. The van der Waals surface area contributed by atoms with Gasteiger partial charge >= 0.3 is 5.97 Å². The van der Waals surface area contributed by atoms with Gasteiger partial charge in [-0.3, -0.25) is 4.79 Å². The van der Waals surface area contributed by atoms with Crippen molar-refractivity contribution in [3.05, 3.63) is 125 Å². The summed E-state index contributed by atoms with van der Waals surface area (Å²) in [5.74, 6) is -1.08. The predicted molar refractivity (Wildman–Crippen MR) is 190 cm³/mol. The van der Waals surface area contributed by atoms with Gasteiger partial charge in [-0.05, 0) is 63.4 Å². The molecule has 1 atom stereocenters. The van der Waals surface area contributed by atoms with Crippen molar-refractivity contribution in [3.8, 4) is 22.9 Å². The van der Waals surface area contributed by atoms with Crippen LogP contribution in [0.2, 0.25) is 0 Å². The molecule has 0 spiro atoms. The first kappa shape index (κ1) is 34.3. The van der Waals surface area contributed by atoms with E-state index < -0.39 is 27.1 Å². The highest BCUT2D eigenvalue weighted by Crippen LogP contribution is 2.45. The molecule has 7 rings (SSSR count). The first-order valence-electron chi connectivity index (χ1n) is 16.1. The molecule has 0 radical (unpaired) electrons. The van der Waals surface area contributed by atoms with Crippen LogP contribution in [0.25, 0.3) is 16.6 Å². The van der Waals surface area contributed by atoms with E-state index in [2.05, 4.69) is 0 Å². The van der Waals surface area contributed by atoms with E-state index in [1.807, 2.05) is 32.0 Å². The molecule has 2 aromatic heterocycles. The lowest BCUT2D eigenvalue weighted by molar-refractivity contribution is -0.142. The van der Waals surface area contributed by atoms with E-state index in [4.69, 9.17) is 19.3 Å². The van der Waals surface area contributed by atoms with Gasteiger partial charge in [-0.2, -0.15) is 5.10 Å². The molecular formula is C38H33F2N3O6S2. The minimum atomic E-state index is -4.01. The Morgan fingerprint density at radius 3 is 2.55 bits per heavy atom. The third-order valence-electron chi connectivity index (χ3n) is 8.98. The Morgan fingerprint density at radius 2 is 1.80 bits per heavy atom. The Balaban J connectivity index is 1.20. The van der Waals surface area contributed by atoms with Gasteiger partial charge < -0.3 is 14.2 Å². The number of hydrogen-bond acceptors (Lipinski definition) is 8. The molecule has 0 saturated carbocycles. The number of carbonyl (C=O) groups is 1. The summed E-state index contributed by atoms with van der Waals surface area (Å²) in [5.41, 5.74) is 2.63. The number of benzene rings is 4. The number of ether oxygens (including phenoxy) is 3. The average molecular weight is 730 g/mol. The number of fused-ring (bicyclic) bond motifs is 2. The molecule has 0 N–H and O–H groups in total. The van der Waals surface area contributed by atoms with E-state index in [1.54, 1.807) is 43.6 Å². The van der Waals surface area contributed by atoms with Crippen LogP contribution in [0, 0.1) is 18.6 Å². The van der Waals surface area contributed by atoms with Crippen molar-refractivity contribution >= 4 is 38.7 Å². The number of hydrogen-bond donors (Lipinski definition) is 0. The first-order chi connectivity index (χ1) is 24.4. The number of carbonyl (C=O) groups excluding carboxylic acids is 1. The van der Waals surface area contributed by atoms with Crippen molar-refractivity contribution in [1.82, 2.24) is 13.8 Å². The van der Waals surface area contributed by atoms with Crippen LogP contribution in [0.5, 0.6) is 17.2 Å². The number of nitrogens with zero attached hydrogens (tertiary/aromatic N) is 3. The number of aryl methyl sites for hydroxylation is 1. The van der Waals surface area contributed by atoms with E-state index in [0.717, 1.165) is 21.2 Å². The van der Waals surface area contributed by atoms with E-state index in [1.165, 1.54) is 53.0 Å². The van der Waals surface area contributed by atoms with Crippen LogP contribution in [-0.4, -0.2) is 47.6 Å². The molecular weight excluding hydrogens is 697 g/mol. The molecule has 3 heterocycles. The fraction of sp³-hybridized carbons (Fsp3) is 0.211. The van der Waals surface area contributed by atoms with Crippen molar-refractivity contribution in [2.75, 3.05) is 19.5 Å². The van der Waals surface area contributed by atoms with Crippen LogP contribution in [0.4, 0.5) is 8.78 Å². The number of para-hydroxylation sites is 1. The molecule has 9 nitrogen and oxygen atoms in total. The molecule has 0 fully saturated rings. The van der Waals surface area contributed by atoms with Gasteiger partial charge in [0.2, 0.25) is 0 Å². The first-order valence-corrected chi connectivity index (χ1v) is 18.8. The van der Waals surface area contributed by atoms with Gasteiger partial charge in [0.15, 0.2) is 11.6 Å². The number of aromatic nitrogens is 3. The van der Waals surface area contributed by atoms with E-state index >= 15 is 8.78 Å². The lowest BCUT2D eigenvalue weighted by Crippen LogP contribution is -2.26. The fourth-order valence-electron chi connectivity index (χ4n) is 6.31. The Kier molecular flexibility index (Phi) is 8.88. The average Bonchev–Trinajstić information content (AvgIpc) is 3.85. The van der Waals surface area contributed by atoms with Crippen molar-refractivity contribution in [2.24, 2.45) is 0 Å². The highest BCUT2D eigenvalue weighted by Gasteiger charge is 2.41. The number of esters is 1. The van der Waals surface area contributed by atoms with Crippen LogP contribution >= 0.6 is 11.8 Å². The van der Waals surface area contributed by atoms with Gasteiger partial charge in [-0.25, -0.2) is 25.9 Å². The Hall–Kier alpha value is -5.14. The maximum absolute atomic E-state index is 15.9. The fourth-order valence-corrected chi connectivity index (χ4v) is 8.37. The van der Waals surface area contributed by atoms with Crippen molar-refractivity contribution < 1.29 is 36.2 Å². The van der Waals surface area contributed by atoms with Gasteiger partial charge in [0.1, 0.15) is 29.6 Å². The summed E-state index contributed by atoms with van der Waals surface area (Å²) in [7, 11) is -4.01. The quantitative estimate of drug-likeness (QED) is 0.103. The van der Waals surface area contributed by atoms with Crippen LogP contribution in [0.1, 0.15) is 36.2 Å². The zero-order chi connectivity index (χ0) is 36.1. The summed E-state index contributed by atoms with van der Waals surface area (Å²) in [5, 5.41) is 5.20. The Morgan fingerprint density at radius 1 is 1.02 bits per heavy atom. The molecule has 1 unspecified atom stereocenters. The standard InChI is InChI=1S/C38H33F2N3O6S2/c1-5-47-34(44)19-24-7-6-8-28-35(24)48-22-38(28,3)33-16-17-42(41-33)32-20-25(11-14-29(32)39)49-36-30(40)21-31-27(37(36)50-4)15-18-43(31)51(45,46)26-12-9-23(2)10-13-26/h6-18,20-21H,5,19,22H2,1-4H3. The van der Waals surface area contributed by atoms with E-state index in [0.29, 0.717) is 27.3 Å². The normalized spacial score (nSPS) is 15.5. The molecule has 0 amide bonds. The molecule has 0 saturated heterocycles. The van der Waals surface area contributed by atoms with Crippen LogP contribution in [-0.2, 0) is 31.4 Å². The van der Waals surface area contributed by atoms with Gasteiger partial charge in [0.05, 0.1) is 39.4 Å². The highest BCUT2D eigenvalue weighted by molar-refractivity contribution is 7.99. The van der Waals surface area contributed by atoms with Crippen molar-refractivity contribution in [3.63, 3.8) is 0 Å². The summed E-state index contributed by atoms with van der Waals surface area (Å²) in [6.07, 6.45) is 4.83. The van der Waals surface area contributed by atoms with Crippen LogP contribution < -0.4 is 9.47 Å². The van der Waals surface area contributed by atoms with Crippen molar-refractivity contribution in [2.45, 2.75) is 42.4 Å². The largest absolute Gasteiger partial charge is 0.492 e. The van der Waals surface area contributed by atoms with Gasteiger partial charge in [0.25, 0.3) is 10.0 Å². The number of thioether (sulfide) groups is 1. The molecule has 4 aromatic carbocycles. The summed E-state index contributed by atoms with van der Waals surface area (Å²) in [6.45, 7) is 6.13. The van der Waals surface area contributed by atoms with Crippen LogP contribution in [0.15, 0.2) is 101 Å². The molecule has 6 aromatic rings. The number of halogens is 2. The molecule has 13 heteroatoms. The number of rotatable bonds is 10. The monoisotopic (exact) mass is 729 g/mol. The van der Waals surface area contributed by atoms with Gasteiger partial charge in [-0.1, -0.05) is 35.9 Å². The second-order valence-electron chi connectivity index (χ2n) is 12.3. The third kappa shape index (κ3) is 6.03. The van der Waals surface area contributed by atoms with Crippen LogP contribution in [0.3, 0.4) is 0 Å². The lowest BCUT2D eigenvalue weighted by Gasteiger charge is -2.20. The maximum atomic E-state index is 15.9. The zero-order valence-electron chi connectivity index (χ0n) is 28.1. The minimum Gasteiger partial charge on any atom is -0.492 e. The van der Waals surface area contributed by atoms with E-state index in [9.17, 15) is 13.2 Å². The molecule has 1 aliphatic rings. The SMILES string of the molecule is CCOC(=O)Cc1cccc2c1OCC2(C)c1ccn(-c2cc(Oc3c(F)cc4c(ccn4S(=O)(=O)c4ccc(C)cc4)c3SC)ccc2F)n1. The van der Waals surface area contributed by atoms with Gasteiger partial charge in [0, 0.05) is 41.0 Å². The predicted octanol–water partition coefficient (Wildman–Crippen LogP) is 7.97. The summed E-state index contributed by atoms with van der Waals surface area (Å²) < 4.78 is 77.9. The van der Waals surface area contributed by atoms with Gasteiger partial charge in [-0.15, -0.1) is 11.8 Å². The second-order valence-corrected chi connectivity index (χ2v) is 15.0. The Bertz CT molecular complexity index is 2420. The minimum absolute atomic E-state index is 0.0695. The second kappa shape index (κ2) is 13.2. The summed E-state index contributed by atoms with van der Waals surface area (Å²) in [6, 6.07) is 20.6. The molecule has 51 heavy (non-hydrogen) atoms. The molecule has 1 aliphatic heterocycles. The molecule has 262 valence electrons. The Labute approximate surface area is 297 Å². The summed E-state index contributed by atoms with van der Waals surface area (Å²) >= 11 is 1.20. The summed E-state index contributed by atoms with van der Waals surface area (Å²) in [4.78, 5) is 12.7. The third-order valence-corrected chi connectivity index (χ3v) is 11.5. The molecule has 0 bridgehead atoms.